The van der Waals surface area contributed by atoms with Crippen molar-refractivity contribution in [1.29, 1.82) is 0 Å². The first kappa shape index (κ1) is 17.9. The van der Waals surface area contributed by atoms with Crippen LogP contribution in [-0.4, -0.2) is 30.7 Å². The highest BCUT2D eigenvalue weighted by atomic mass is 16.2. The molecule has 1 amide bonds. The molecule has 7 heteroatoms. The van der Waals surface area contributed by atoms with Gasteiger partial charge in [0, 0.05) is 35.5 Å². The highest BCUT2D eigenvalue weighted by Gasteiger charge is 2.27. The molecule has 3 heterocycles. The summed E-state index contributed by atoms with van der Waals surface area (Å²) in [6, 6.07) is 20.2. The lowest BCUT2D eigenvalue weighted by Gasteiger charge is -2.14. The quantitative estimate of drug-likeness (QED) is 0.576. The number of nitrogens with zero attached hydrogens (tertiary/aromatic N) is 4. The zero-order valence-corrected chi connectivity index (χ0v) is 15.9. The Kier molecular flexibility index (Phi) is 4.40. The van der Waals surface area contributed by atoms with E-state index in [1.165, 1.54) is 6.07 Å². The zero-order valence-electron chi connectivity index (χ0n) is 15.9. The number of hydrogen-bond donors (Lipinski definition) is 1. The van der Waals surface area contributed by atoms with Crippen molar-refractivity contribution >= 4 is 5.91 Å². The van der Waals surface area contributed by atoms with E-state index in [0.717, 1.165) is 22.4 Å². The number of hydrogen-bond acceptors (Lipinski definition) is 5. The molecule has 0 unspecified atom stereocenters. The lowest BCUT2D eigenvalue weighted by atomic mass is 10.2. The molecule has 146 valence electrons. The summed E-state index contributed by atoms with van der Waals surface area (Å²) in [6.07, 6.45) is 1.76. The summed E-state index contributed by atoms with van der Waals surface area (Å²) in [5.74, 6) is 0.691. The molecule has 4 aromatic rings. The summed E-state index contributed by atoms with van der Waals surface area (Å²) in [5, 5.41) is 0. The molecule has 5 rings (SSSR count). The molecule has 1 aliphatic rings. The molecule has 2 aromatic carbocycles. The van der Waals surface area contributed by atoms with Crippen molar-refractivity contribution in [2.24, 2.45) is 0 Å². The fraction of sp³-hybridized carbons (Fsp3) is 0.0870. The number of aromatic nitrogens is 4. The van der Waals surface area contributed by atoms with E-state index in [4.69, 9.17) is 0 Å². The van der Waals surface area contributed by atoms with Crippen molar-refractivity contribution in [3.63, 3.8) is 0 Å². The highest BCUT2D eigenvalue weighted by molar-refractivity contribution is 5.93. The first-order chi connectivity index (χ1) is 14.7. The van der Waals surface area contributed by atoms with E-state index >= 15 is 0 Å². The molecular formula is C23H17N5O2. The average Bonchev–Trinajstić information content (AvgIpc) is 3.23. The van der Waals surface area contributed by atoms with E-state index in [2.05, 4.69) is 19.9 Å². The summed E-state index contributed by atoms with van der Waals surface area (Å²) in [4.78, 5) is 43.0. The van der Waals surface area contributed by atoms with Crippen LogP contribution in [0.2, 0.25) is 0 Å². The third-order valence-corrected chi connectivity index (χ3v) is 4.98. The Morgan fingerprint density at radius 1 is 0.900 bits per heavy atom. The summed E-state index contributed by atoms with van der Waals surface area (Å²) in [7, 11) is 0. The molecular weight excluding hydrogens is 378 g/mol. The van der Waals surface area contributed by atoms with E-state index in [1.54, 1.807) is 11.1 Å². The fourth-order valence-electron chi connectivity index (χ4n) is 3.49. The van der Waals surface area contributed by atoms with Gasteiger partial charge in [-0.15, -0.1) is 0 Å². The third-order valence-electron chi connectivity index (χ3n) is 4.98. The Hall–Kier alpha value is -4.13. The van der Waals surface area contributed by atoms with Gasteiger partial charge in [-0.3, -0.25) is 9.59 Å². The molecule has 0 atom stereocenters. The van der Waals surface area contributed by atoms with Gasteiger partial charge in [0.15, 0.2) is 5.82 Å². The van der Waals surface area contributed by atoms with Gasteiger partial charge >= 0.3 is 0 Å². The largest absolute Gasteiger partial charge is 0.327 e. The highest BCUT2D eigenvalue weighted by Crippen LogP contribution is 2.25. The molecule has 0 bridgehead atoms. The molecule has 0 fully saturated rings. The van der Waals surface area contributed by atoms with Crippen molar-refractivity contribution in [2.45, 2.75) is 13.1 Å². The lowest BCUT2D eigenvalue weighted by molar-refractivity contribution is 0.0744. The number of H-pyrrole nitrogens is 1. The predicted molar refractivity (Wildman–Crippen MR) is 111 cm³/mol. The van der Waals surface area contributed by atoms with Crippen LogP contribution in [0, 0.1) is 0 Å². The van der Waals surface area contributed by atoms with Crippen LogP contribution in [0.4, 0.5) is 0 Å². The van der Waals surface area contributed by atoms with E-state index < -0.39 is 0 Å². The van der Waals surface area contributed by atoms with Crippen molar-refractivity contribution in [3.05, 3.63) is 100 Å². The van der Waals surface area contributed by atoms with Gasteiger partial charge in [-0.1, -0.05) is 60.7 Å². The molecule has 0 spiro atoms. The monoisotopic (exact) mass is 395 g/mol. The van der Waals surface area contributed by atoms with Gasteiger partial charge < -0.3 is 9.88 Å². The SMILES string of the molecule is O=C(c1cc(=O)[nH]c(-c2ccccc2)n1)N1Cc2cnc(-c3ccccc3)nc2C1. The van der Waals surface area contributed by atoms with E-state index in [1.807, 2.05) is 60.7 Å². The molecule has 0 saturated carbocycles. The molecule has 0 radical (unpaired) electrons. The number of benzene rings is 2. The first-order valence-electron chi connectivity index (χ1n) is 9.54. The molecule has 30 heavy (non-hydrogen) atoms. The van der Waals surface area contributed by atoms with Crippen LogP contribution in [0.1, 0.15) is 21.7 Å². The molecule has 0 saturated heterocycles. The van der Waals surface area contributed by atoms with Gasteiger partial charge in [-0.05, 0) is 0 Å². The van der Waals surface area contributed by atoms with Crippen LogP contribution in [0.3, 0.4) is 0 Å². The molecule has 1 N–H and O–H groups in total. The maximum atomic E-state index is 13.1. The van der Waals surface area contributed by atoms with Gasteiger partial charge in [0.1, 0.15) is 11.5 Å². The maximum absolute atomic E-state index is 13.1. The van der Waals surface area contributed by atoms with Crippen LogP contribution in [0.25, 0.3) is 22.8 Å². The van der Waals surface area contributed by atoms with Gasteiger partial charge in [0.25, 0.3) is 11.5 Å². The first-order valence-corrected chi connectivity index (χ1v) is 9.54. The van der Waals surface area contributed by atoms with E-state index in [9.17, 15) is 9.59 Å². The van der Waals surface area contributed by atoms with Crippen LogP contribution in [-0.2, 0) is 13.1 Å². The van der Waals surface area contributed by atoms with Gasteiger partial charge in [-0.2, -0.15) is 0 Å². The number of amides is 1. The zero-order chi connectivity index (χ0) is 20.5. The minimum absolute atomic E-state index is 0.113. The van der Waals surface area contributed by atoms with Gasteiger partial charge in [0.05, 0.1) is 12.2 Å². The second-order valence-corrected chi connectivity index (χ2v) is 7.04. The van der Waals surface area contributed by atoms with Crippen LogP contribution >= 0.6 is 0 Å². The topological polar surface area (TPSA) is 91.8 Å². The summed E-state index contributed by atoms with van der Waals surface area (Å²) in [6.45, 7) is 0.740. The smallest absolute Gasteiger partial charge is 0.273 e. The average molecular weight is 395 g/mol. The Morgan fingerprint density at radius 3 is 2.33 bits per heavy atom. The van der Waals surface area contributed by atoms with Crippen molar-refractivity contribution < 1.29 is 4.79 Å². The standard InChI is InChI=1S/C23H17N5O2/c29-20-11-18(25-22(27-20)16-9-5-2-6-10-16)23(30)28-13-17-12-24-21(26-19(17)14-28)15-7-3-1-4-8-15/h1-12H,13-14H2,(H,25,27,29). The third kappa shape index (κ3) is 3.37. The number of carbonyl (C=O) groups is 1. The Bertz CT molecular complexity index is 1290. The number of fused-ring (bicyclic) bond motifs is 1. The summed E-state index contributed by atoms with van der Waals surface area (Å²) >= 11 is 0. The molecule has 0 aliphatic carbocycles. The summed E-state index contributed by atoms with van der Waals surface area (Å²) in [5.41, 5.74) is 3.12. The molecule has 2 aromatic heterocycles. The van der Waals surface area contributed by atoms with Crippen LogP contribution < -0.4 is 5.56 Å². The lowest BCUT2D eigenvalue weighted by Crippen LogP contribution is -2.28. The second-order valence-electron chi connectivity index (χ2n) is 7.04. The van der Waals surface area contributed by atoms with Gasteiger partial charge in [0.2, 0.25) is 0 Å². The minimum atomic E-state index is -0.366. The number of nitrogens with one attached hydrogen (secondary N) is 1. The Labute approximate surface area is 172 Å². The number of rotatable bonds is 3. The molecule has 1 aliphatic heterocycles. The fourth-order valence-corrected chi connectivity index (χ4v) is 3.49. The van der Waals surface area contributed by atoms with Crippen molar-refractivity contribution in [2.75, 3.05) is 0 Å². The normalized spacial score (nSPS) is 12.6. The van der Waals surface area contributed by atoms with E-state index in [0.29, 0.717) is 24.7 Å². The number of carbonyl (C=O) groups excluding carboxylic acids is 1. The summed E-state index contributed by atoms with van der Waals surface area (Å²) < 4.78 is 0. The van der Waals surface area contributed by atoms with Gasteiger partial charge in [-0.25, -0.2) is 15.0 Å². The van der Waals surface area contributed by atoms with E-state index in [-0.39, 0.29) is 17.2 Å². The minimum Gasteiger partial charge on any atom is -0.327 e. The van der Waals surface area contributed by atoms with Crippen LogP contribution in [0.15, 0.2) is 77.7 Å². The Balaban J connectivity index is 1.42. The van der Waals surface area contributed by atoms with Crippen molar-refractivity contribution in [1.82, 2.24) is 24.8 Å². The number of aromatic amines is 1. The predicted octanol–water partition coefficient (Wildman–Crippen LogP) is 3.05. The van der Waals surface area contributed by atoms with Crippen LogP contribution in [0.5, 0.6) is 0 Å². The van der Waals surface area contributed by atoms with Crippen molar-refractivity contribution in [3.8, 4) is 22.8 Å². The second kappa shape index (κ2) is 7.36. The maximum Gasteiger partial charge on any atom is 0.273 e. The Morgan fingerprint density at radius 2 is 1.60 bits per heavy atom. The molecule has 7 nitrogen and oxygen atoms in total.